The van der Waals surface area contributed by atoms with Crippen LogP contribution >= 0.6 is 0 Å². The summed E-state index contributed by atoms with van der Waals surface area (Å²) < 4.78 is 0. The van der Waals surface area contributed by atoms with Crippen molar-refractivity contribution >= 4 is 23.1 Å². The largest absolute Gasteiger partial charge is 2.00 e. The Morgan fingerprint density at radius 1 is 0.725 bits per heavy atom. The minimum atomic E-state index is -0.0265. The van der Waals surface area contributed by atoms with Crippen molar-refractivity contribution in [3.8, 4) is 47.4 Å². The Morgan fingerprint density at radius 2 is 1.16 bits per heavy atom. The molecule has 0 saturated carbocycles. The Bertz CT molecular complexity index is 912. The monoisotopic (exact) mass is 755 g/mol. The van der Waals surface area contributed by atoms with Gasteiger partial charge in [0.25, 0.3) is 0 Å². The summed E-state index contributed by atoms with van der Waals surface area (Å²) in [6.07, 6.45) is 16.9. The maximum absolute atomic E-state index is 9.76. The predicted molar refractivity (Wildman–Crippen MR) is 229 cm³/mol. The van der Waals surface area contributed by atoms with Gasteiger partial charge in [-0.25, -0.2) is 0 Å². The Balaban J connectivity index is -0.0000000420. The molecular weight excluding hydrogens is 672 g/mol. The Labute approximate surface area is 344 Å². The van der Waals surface area contributed by atoms with E-state index in [2.05, 4.69) is 122 Å². The summed E-state index contributed by atoms with van der Waals surface area (Å²) in [5.41, 5.74) is 5.68. The van der Waals surface area contributed by atoms with E-state index >= 15 is 0 Å². The average Bonchev–Trinajstić information content (AvgIpc) is 3.13. The first-order chi connectivity index (χ1) is 23.9. The fourth-order valence-corrected chi connectivity index (χ4v) is 3.65. The molecule has 0 heterocycles. The van der Waals surface area contributed by atoms with Gasteiger partial charge in [0.05, 0.1) is 19.7 Å². The van der Waals surface area contributed by atoms with E-state index in [1.165, 1.54) is 56.9 Å². The van der Waals surface area contributed by atoms with Crippen LogP contribution in [-0.4, -0.2) is 102 Å². The average molecular weight is 756 g/mol. The molecule has 0 aromatic rings. The van der Waals surface area contributed by atoms with E-state index in [1.54, 1.807) is 13.8 Å². The van der Waals surface area contributed by atoms with E-state index in [0.29, 0.717) is 6.54 Å². The second-order valence-corrected chi connectivity index (χ2v) is 10.4. The zero-order valence-corrected chi connectivity index (χ0v) is 36.4. The summed E-state index contributed by atoms with van der Waals surface area (Å²) in [6, 6.07) is 0. The third-order valence-corrected chi connectivity index (χ3v) is 6.50. The van der Waals surface area contributed by atoms with Crippen LogP contribution in [0.4, 0.5) is 0 Å². The van der Waals surface area contributed by atoms with Gasteiger partial charge in [-0.3, -0.25) is 4.90 Å². The Morgan fingerprint density at radius 3 is 1.49 bits per heavy atom. The molecule has 0 unspecified atom stereocenters. The molecule has 8 nitrogen and oxygen atoms in total. The molecule has 0 aliphatic heterocycles. The smallest absolute Gasteiger partial charge is 1.00 e. The molecule has 0 bridgehead atoms. The first-order valence-electron chi connectivity index (χ1n) is 18.3. The van der Waals surface area contributed by atoms with Crippen LogP contribution in [0.15, 0.2) is 16.8 Å². The third kappa shape index (κ3) is 78.4. The summed E-state index contributed by atoms with van der Waals surface area (Å²) in [7, 11) is 0. The molecule has 0 aliphatic rings. The first kappa shape index (κ1) is 67.2. The molecule has 3 N–H and O–H groups in total. The predicted octanol–water partition coefficient (Wildman–Crippen LogP) is 6.86. The van der Waals surface area contributed by atoms with E-state index in [1.807, 2.05) is 6.92 Å². The number of hydrogen-bond donors (Lipinski definition) is 3. The number of rotatable bonds is 20. The van der Waals surface area contributed by atoms with Crippen molar-refractivity contribution in [3.05, 3.63) is 28.4 Å². The molecular formula is C41H83ClMgN4O4. The second kappa shape index (κ2) is 73.5. The number of nitrogens with one attached hydrogen (secondary N) is 1. The van der Waals surface area contributed by atoms with Crippen molar-refractivity contribution < 1.29 is 28.3 Å². The molecule has 300 valence electrons. The Kier molecular flexibility index (Phi) is 96.9. The standard InChI is InChI=1S/2C11H23NO.C8H15NO.C8H6.C3H7.ClH.Mg.HNO.4H2/c1-4-7-11(10-13)8-9-12(5-2)6-3;1-2-3-4-5-6-7-8-9-10-11-12-13;1-3-9(4-2)7-5-6-8-10;1-3-5-7-8-6-4-2;1-3-2;;;1-2;;;;/h8,13H,4-7,9-10H2,1-3H3;2-11H2,1H3;10H,3-4,7-8H2,1-2H3;1-2H3;1,3H2,2H3;1H;;1H;4*1H/q;;;;-1;;+2;;;;;/p-1/b11-8+;;;;;;;;;;;. The zero-order valence-electron chi connectivity index (χ0n) is 34.3. The van der Waals surface area contributed by atoms with Crippen LogP contribution < -0.4 is 12.4 Å². The fourth-order valence-electron chi connectivity index (χ4n) is 3.65. The minimum Gasteiger partial charge on any atom is -1.00 e. The number of aliphatic hydroxyl groups is 2. The molecule has 0 aliphatic carbocycles. The van der Waals surface area contributed by atoms with Gasteiger partial charge in [-0.05, 0) is 82.1 Å². The quantitative estimate of drug-likeness (QED) is 0.0313. The summed E-state index contributed by atoms with van der Waals surface area (Å²) in [5.74, 6) is 21.0. The summed E-state index contributed by atoms with van der Waals surface area (Å²) in [5, 5.41) is 20.2. The Hall–Kier alpha value is -1.92. The second-order valence-electron chi connectivity index (χ2n) is 10.4. The molecule has 0 saturated heterocycles. The van der Waals surface area contributed by atoms with Crippen molar-refractivity contribution in [1.82, 2.24) is 9.80 Å². The van der Waals surface area contributed by atoms with Gasteiger partial charge < -0.3 is 34.4 Å². The number of nitroso groups, excluding NO2 is 2. The van der Waals surface area contributed by atoms with Gasteiger partial charge in [0.15, 0.2) is 0 Å². The van der Waals surface area contributed by atoms with E-state index < -0.39 is 0 Å². The first-order valence-corrected chi connectivity index (χ1v) is 18.3. The van der Waals surface area contributed by atoms with Crippen molar-refractivity contribution in [2.75, 3.05) is 59.0 Å². The van der Waals surface area contributed by atoms with Crippen LogP contribution in [0.2, 0.25) is 0 Å². The van der Waals surface area contributed by atoms with Crippen LogP contribution in [0.25, 0.3) is 0 Å². The van der Waals surface area contributed by atoms with Crippen LogP contribution in [0.5, 0.6) is 0 Å². The molecule has 0 rings (SSSR count). The van der Waals surface area contributed by atoms with Crippen LogP contribution in [-0.2, 0) is 0 Å². The zero-order chi connectivity index (χ0) is 38.7. The molecule has 0 fully saturated rings. The molecule has 0 aromatic carbocycles. The van der Waals surface area contributed by atoms with Crippen LogP contribution in [0, 0.1) is 69.7 Å². The summed E-state index contributed by atoms with van der Waals surface area (Å²) >= 11 is 0. The number of unbranched alkanes of at least 4 members (excludes halogenated alkanes) is 8. The topological polar surface area (TPSA) is 117 Å². The molecule has 51 heavy (non-hydrogen) atoms. The van der Waals surface area contributed by atoms with Gasteiger partial charge in [0.2, 0.25) is 0 Å². The van der Waals surface area contributed by atoms with E-state index in [0.717, 1.165) is 65.0 Å². The maximum atomic E-state index is 9.76. The van der Waals surface area contributed by atoms with Gasteiger partial charge >= 0.3 is 23.1 Å². The number of likely N-dealkylation sites (N-methyl/N-ethyl adjacent to an activating group) is 1. The van der Waals surface area contributed by atoms with Crippen molar-refractivity contribution in [3.63, 3.8) is 0 Å². The van der Waals surface area contributed by atoms with Gasteiger partial charge in [0.1, 0.15) is 6.61 Å². The molecule has 0 spiro atoms. The molecule has 0 radical (unpaired) electrons. The van der Waals surface area contributed by atoms with Crippen molar-refractivity contribution in [1.29, 1.82) is 5.59 Å². The summed E-state index contributed by atoms with van der Waals surface area (Å²) in [4.78, 5) is 21.8. The van der Waals surface area contributed by atoms with Gasteiger partial charge in [-0.1, -0.05) is 147 Å². The number of halogens is 1. The third-order valence-electron chi connectivity index (χ3n) is 6.50. The SMILES string of the molecule is CC#CC#CC#CC.CCC/C(=C\CN(CC)CC)CO.CCCCCCCCCCCN=O.CCN(CC)CC#CCO.N=O.[CH2-]CC.[Cl-].[HH].[HH].[HH].[HH].[Mg+2]. The molecule has 0 aromatic heterocycles. The maximum Gasteiger partial charge on any atom is 2.00 e. The normalized spacial score (nSPS) is 8.63. The van der Waals surface area contributed by atoms with Crippen molar-refractivity contribution in [2.45, 2.75) is 139 Å². The number of nitrogens with zero attached hydrogens (tertiary/aromatic N) is 3. The van der Waals surface area contributed by atoms with Crippen molar-refractivity contribution in [2.24, 2.45) is 5.18 Å². The van der Waals surface area contributed by atoms with E-state index in [9.17, 15) is 4.91 Å². The van der Waals surface area contributed by atoms with Gasteiger partial charge in [0, 0.05) is 12.3 Å². The summed E-state index contributed by atoms with van der Waals surface area (Å²) in [6.45, 7) is 28.6. The van der Waals surface area contributed by atoms with Gasteiger partial charge in [-0.15, -0.1) is 0 Å². The van der Waals surface area contributed by atoms with E-state index in [4.69, 9.17) is 15.1 Å². The van der Waals surface area contributed by atoms with E-state index in [-0.39, 0.29) is 54.4 Å². The molecule has 0 atom stereocenters. The minimum absolute atomic E-state index is 0. The molecule has 10 heteroatoms. The van der Waals surface area contributed by atoms with Crippen LogP contribution in [0.1, 0.15) is 145 Å². The van der Waals surface area contributed by atoms with Crippen LogP contribution in [0.3, 0.4) is 0 Å². The fraction of sp³-hybridized carbons (Fsp3) is 0.732. The van der Waals surface area contributed by atoms with Gasteiger partial charge in [-0.2, -0.15) is 16.2 Å². The number of aliphatic hydroxyl groups excluding tert-OH is 2. The number of hydrogen-bond acceptors (Lipinski definition) is 8. The molecule has 0 amide bonds.